The number of piperidine rings is 1. The van der Waals surface area contributed by atoms with Crippen molar-refractivity contribution in [3.63, 3.8) is 0 Å². The fourth-order valence-electron chi connectivity index (χ4n) is 3.67. The Balaban J connectivity index is 1.59. The van der Waals surface area contributed by atoms with Crippen LogP contribution in [0.15, 0.2) is 24.5 Å². The van der Waals surface area contributed by atoms with Crippen LogP contribution in [0.4, 0.5) is 0 Å². The molecule has 0 radical (unpaired) electrons. The van der Waals surface area contributed by atoms with Gasteiger partial charge in [-0.05, 0) is 30.9 Å². The van der Waals surface area contributed by atoms with Gasteiger partial charge in [0.2, 0.25) is 10.0 Å². The number of hydrogen-bond donors (Lipinski definition) is 0. The van der Waals surface area contributed by atoms with Gasteiger partial charge in [-0.15, -0.1) is 0 Å². The highest BCUT2D eigenvalue weighted by atomic mass is 32.2. The first-order chi connectivity index (χ1) is 11.5. The molecule has 24 heavy (non-hydrogen) atoms. The van der Waals surface area contributed by atoms with E-state index in [0.29, 0.717) is 26.1 Å². The van der Waals surface area contributed by atoms with Gasteiger partial charge >= 0.3 is 0 Å². The molecule has 0 bridgehead atoms. The maximum atomic E-state index is 12.2. The second-order valence-corrected chi connectivity index (χ2v) is 8.91. The van der Waals surface area contributed by atoms with Crippen LogP contribution in [-0.2, 0) is 21.3 Å². The molecule has 2 fully saturated rings. The van der Waals surface area contributed by atoms with E-state index < -0.39 is 10.0 Å². The molecule has 3 heterocycles. The average molecular weight is 353 g/mol. The van der Waals surface area contributed by atoms with Crippen molar-refractivity contribution < 1.29 is 13.2 Å². The summed E-state index contributed by atoms with van der Waals surface area (Å²) in [6.45, 7) is 6.41. The Labute approximate surface area is 144 Å². The predicted octanol–water partition coefficient (Wildman–Crippen LogP) is 1.49. The first kappa shape index (κ1) is 17.8. The summed E-state index contributed by atoms with van der Waals surface area (Å²) in [6.07, 6.45) is 5.91. The molecule has 2 saturated heterocycles. The summed E-state index contributed by atoms with van der Waals surface area (Å²) in [7, 11) is -3.09. The molecule has 0 N–H and O–H groups in total. The lowest BCUT2D eigenvalue weighted by molar-refractivity contribution is -0.131. The molecule has 6 nitrogen and oxygen atoms in total. The van der Waals surface area contributed by atoms with Crippen molar-refractivity contribution >= 4 is 10.0 Å². The lowest BCUT2D eigenvalue weighted by Crippen LogP contribution is -2.57. The topological polar surface area (TPSA) is 62.7 Å². The molecule has 0 saturated carbocycles. The SMILES string of the molecule is CCCS(=O)(=O)N1CCC2(CC1)CN(Cc1cccnc1)CCO2. The van der Waals surface area contributed by atoms with E-state index in [9.17, 15) is 8.42 Å². The zero-order valence-corrected chi connectivity index (χ0v) is 15.2. The summed E-state index contributed by atoms with van der Waals surface area (Å²) in [5.74, 6) is 0.244. The number of nitrogens with zero attached hydrogens (tertiary/aromatic N) is 3. The second kappa shape index (κ2) is 7.47. The third kappa shape index (κ3) is 4.14. The summed E-state index contributed by atoms with van der Waals surface area (Å²) >= 11 is 0. The minimum Gasteiger partial charge on any atom is -0.372 e. The van der Waals surface area contributed by atoms with E-state index in [0.717, 1.165) is 32.5 Å². The van der Waals surface area contributed by atoms with Gasteiger partial charge in [0.1, 0.15) is 0 Å². The maximum Gasteiger partial charge on any atom is 0.214 e. The van der Waals surface area contributed by atoms with Gasteiger partial charge in [0, 0.05) is 45.1 Å². The Morgan fingerprint density at radius 2 is 2.08 bits per heavy atom. The number of rotatable bonds is 5. The average Bonchev–Trinajstić information content (AvgIpc) is 2.56. The van der Waals surface area contributed by atoms with Gasteiger partial charge in [-0.25, -0.2) is 12.7 Å². The van der Waals surface area contributed by atoms with Crippen LogP contribution >= 0.6 is 0 Å². The van der Waals surface area contributed by atoms with Crippen molar-refractivity contribution in [2.75, 3.05) is 38.5 Å². The zero-order valence-electron chi connectivity index (χ0n) is 14.4. The summed E-state index contributed by atoms with van der Waals surface area (Å²) in [6, 6.07) is 4.05. The van der Waals surface area contributed by atoms with Gasteiger partial charge < -0.3 is 4.74 Å². The van der Waals surface area contributed by atoms with Crippen molar-refractivity contribution in [3.05, 3.63) is 30.1 Å². The minimum atomic E-state index is -3.09. The van der Waals surface area contributed by atoms with Crippen molar-refractivity contribution in [1.29, 1.82) is 0 Å². The largest absolute Gasteiger partial charge is 0.372 e. The van der Waals surface area contributed by atoms with Crippen LogP contribution in [0.3, 0.4) is 0 Å². The first-order valence-corrected chi connectivity index (χ1v) is 10.4. The Bertz CT molecular complexity index is 628. The lowest BCUT2D eigenvalue weighted by Gasteiger charge is -2.47. The van der Waals surface area contributed by atoms with Crippen molar-refractivity contribution in [3.8, 4) is 0 Å². The molecule has 3 rings (SSSR count). The summed E-state index contributed by atoms with van der Waals surface area (Å²) in [4.78, 5) is 6.58. The van der Waals surface area contributed by atoms with Crippen LogP contribution in [0.2, 0.25) is 0 Å². The van der Waals surface area contributed by atoms with E-state index in [1.807, 2.05) is 19.2 Å². The Morgan fingerprint density at radius 3 is 2.75 bits per heavy atom. The fraction of sp³-hybridized carbons (Fsp3) is 0.706. The van der Waals surface area contributed by atoms with Crippen LogP contribution in [0.5, 0.6) is 0 Å². The van der Waals surface area contributed by atoms with Crippen molar-refractivity contribution in [2.45, 2.75) is 38.3 Å². The van der Waals surface area contributed by atoms with Gasteiger partial charge in [-0.1, -0.05) is 13.0 Å². The predicted molar refractivity (Wildman–Crippen MR) is 93.1 cm³/mol. The molecule has 0 aliphatic carbocycles. The molecule has 2 aliphatic heterocycles. The van der Waals surface area contributed by atoms with E-state index in [1.54, 1.807) is 10.5 Å². The Kier molecular flexibility index (Phi) is 5.54. The zero-order chi connectivity index (χ0) is 17.0. The second-order valence-electron chi connectivity index (χ2n) is 6.82. The highest BCUT2D eigenvalue weighted by Crippen LogP contribution is 2.31. The van der Waals surface area contributed by atoms with Gasteiger partial charge in [0.15, 0.2) is 0 Å². The maximum absolute atomic E-state index is 12.2. The number of hydrogen-bond acceptors (Lipinski definition) is 5. The van der Waals surface area contributed by atoms with Crippen molar-refractivity contribution in [1.82, 2.24) is 14.2 Å². The normalized spacial score (nSPS) is 22.7. The number of morpholine rings is 1. The van der Waals surface area contributed by atoms with Gasteiger partial charge in [-0.3, -0.25) is 9.88 Å². The van der Waals surface area contributed by atoms with E-state index >= 15 is 0 Å². The fourth-order valence-corrected chi connectivity index (χ4v) is 5.18. The minimum absolute atomic E-state index is 0.196. The molecule has 2 aliphatic rings. The van der Waals surface area contributed by atoms with E-state index in [1.165, 1.54) is 5.56 Å². The molecule has 134 valence electrons. The van der Waals surface area contributed by atoms with Crippen LogP contribution in [-0.4, -0.2) is 66.7 Å². The first-order valence-electron chi connectivity index (χ1n) is 8.76. The standard InChI is InChI=1S/C17H27N3O3S/c1-2-12-24(21,22)20-8-5-17(6-9-20)15-19(10-11-23-17)14-16-4-3-7-18-13-16/h3-4,7,13H,2,5-6,8-12,14-15H2,1H3. The van der Waals surface area contributed by atoms with E-state index in [4.69, 9.17) is 4.74 Å². The molecular weight excluding hydrogens is 326 g/mol. The summed E-state index contributed by atoms with van der Waals surface area (Å²) < 4.78 is 32.2. The van der Waals surface area contributed by atoms with Crippen LogP contribution in [0, 0.1) is 0 Å². The molecule has 0 aromatic carbocycles. The summed E-state index contributed by atoms with van der Waals surface area (Å²) in [5, 5.41) is 0. The molecule has 1 spiro atoms. The molecule has 0 amide bonds. The highest BCUT2D eigenvalue weighted by molar-refractivity contribution is 7.89. The quantitative estimate of drug-likeness (QED) is 0.802. The molecule has 0 unspecified atom stereocenters. The van der Waals surface area contributed by atoms with E-state index in [2.05, 4.69) is 16.0 Å². The van der Waals surface area contributed by atoms with Gasteiger partial charge in [0.25, 0.3) is 0 Å². The lowest BCUT2D eigenvalue weighted by atomic mass is 9.90. The van der Waals surface area contributed by atoms with Crippen LogP contribution in [0.25, 0.3) is 0 Å². The molecule has 1 aromatic heterocycles. The molecular formula is C17H27N3O3S. The van der Waals surface area contributed by atoms with Crippen molar-refractivity contribution in [2.24, 2.45) is 0 Å². The monoisotopic (exact) mass is 353 g/mol. The third-order valence-electron chi connectivity index (χ3n) is 4.95. The highest BCUT2D eigenvalue weighted by Gasteiger charge is 2.41. The van der Waals surface area contributed by atoms with E-state index in [-0.39, 0.29) is 11.4 Å². The number of aromatic nitrogens is 1. The number of ether oxygens (including phenoxy) is 1. The molecule has 0 atom stereocenters. The molecule has 1 aromatic rings. The Morgan fingerprint density at radius 1 is 1.29 bits per heavy atom. The van der Waals surface area contributed by atoms with Crippen LogP contribution in [0.1, 0.15) is 31.7 Å². The smallest absolute Gasteiger partial charge is 0.214 e. The number of sulfonamides is 1. The summed E-state index contributed by atoms with van der Waals surface area (Å²) in [5.41, 5.74) is 1.01. The Hall–Kier alpha value is -1.02. The van der Waals surface area contributed by atoms with Crippen LogP contribution < -0.4 is 0 Å². The van der Waals surface area contributed by atoms with Gasteiger partial charge in [0.05, 0.1) is 18.0 Å². The third-order valence-corrected chi connectivity index (χ3v) is 7.02. The van der Waals surface area contributed by atoms with Gasteiger partial charge in [-0.2, -0.15) is 0 Å². The number of pyridine rings is 1. The molecule has 7 heteroatoms.